The zero-order chi connectivity index (χ0) is 13.6. The van der Waals surface area contributed by atoms with E-state index in [0.717, 1.165) is 24.2 Å². The number of sulfonamides is 1. The van der Waals surface area contributed by atoms with Crippen LogP contribution in [0.25, 0.3) is 0 Å². The number of hydrogen-bond donors (Lipinski definition) is 1. The molecule has 3 rings (SSSR count). The van der Waals surface area contributed by atoms with E-state index in [9.17, 15) is 8.42 Å². The molecule has 102 valence electrons. The first-order valence-electron chi connectivity index (χ1n) is 5.45. The molecule has 7 nitrogen and oxygen atoms in total. The molecule has 0 aliphatic heterocycles. The van der Waals surface area contributed by atoms with Crippen LogP contribution in [0.15, 0.2) is 8.63 Å². The van der Waals surface area contributed by atoms with E-state index >= 15 is 0 Å². The van der Waals surface area contributed by atoms with Crippen molar-refractivity contribution in [3.05, 3.63) is 16.1 Å². The van der Waals surface area contributed by atoms with E-state index in [2.05, 4.69) is 19.9 Å². The molecule has 0 atom stereocenters. The first kappa shape index (κ1) is 12.8. The lowest BCUT2D eigenvalue weighted by Gasteiger charge is -2.01. The zero-order valence-corrected chi connectivity index (χ0v) is 12.1. The van der Waals surface area contributed by atoms with Crippen molar-refractivity contribution in [2.45, 2.75) is 29.9 Å². The molecule has 0 radical (unpaired) electrons. The van der Waals surface area contributed by atoms with E-state index in [1.165, 1.54) is 0 Å². The van der Waals surface area contributed by atoms with Crippen molar-refractivity contribution < 1.29 is 12.8 Å². The minimum absolute atomic E-state index is 0.0451. The Morgan fingerprint density at radius 2 is 2.16 bits per heavy atom. The molecule has 0 unspecified atom stereocenters. The van der Waals surface area contributed by atoms with E-state index in [1.54, 1.807) is 6.92 Å². The van der Waals surface area contributed by atoms with E-state index in [4.69, 9.17) is 16.0 Å². The van der Waals surface area contributed by atoms with Crippen molar-refractivity contribution in [3.63, 3.8) is 0 Å². The van der Waals surface area contributed by atoms with Gasteiger partial charge < -0.3 is 4.42 Å². The molecule has 1 saturated carbocycles. The third-order valence-corrected chi connectivity index (χ3v) is 5.75. The highest BCUT2D eigenvalue weighted by atomic mass is 35.5. The van der Waals surface area contributed by atoms with Gasteiger partial charge in [0.1, 0.15) is 0 Å². The van der Waals surface area contributed by atoms with Gasteiger partial charge in [-0.15, -0.1) is 5.10 Å². The monoisotopic (exact) mass is 320 g/mol. The largest absolute Gasteiger partial charge is 0.407 e. The molecule has 0 amide bonds. The number of nitrogens with one attached hydrogen (secondary N) is 1. The van der Waals surface area contributed by atoms with Crippen molar-refractivity contribution in [3.8, 4) is 0 Å². The van der Waals surface area contributed by atoms with Crippen molar-refractivity contribution in [1.29, 1.82) is 0 Å². The van der Waals surface area contributed by atoms with Crippen LogP contribution >= 0.6 is 22.9 Å². The Morgan fingerprint density at radius 3 is 2.74 bits per heavy atom. The van der Waals surface area contributed by atoms with E-state index in [1.807, 2.05) is 0 Å². The maximum Gasteiger partial charge on any atom is 0.329 e. The molecule has 2 heterocycles. The van der Waals surface area contributed by atoms with Gasteiger partial charge in [-0.3, -0.25) is 0 Å². The fraction of sp³-hybridized carbons (Fsp3) is 0.444. The standard InChI is InChI=1S/C9H9ClN4O3S2/c1-4-7(18-8(10)11-4)19(15,16)14-9-13-12-6(17-9)5-2-3-5/h5H,2-3H2,1H3,(H,13,14). The summed E-state index contributed by atoms with van der Waals surface area (Å²) in [5, 5.41) is 7.47. The molecule has 19 heavy (non-hydrogen) atoms. The van der Waals surface area contributed by atoms with Gasteiger partial charge in [0.25, 0.3) is 10.0 Å². The van der Waals surface area contributed by atoms with Gasteiger partial charge in [0, 0.05) is 5.92 Å². The Hall–Kier alpha value is -1.19. The lowest BCUT2D eigenvalue weighted by Crippen LogP contribution is -2.12. The van der Waals surface area contributed by atoms with Gasteiger partial charge >= 0.3 is 6.01 Å². The third-order valence-electron chi connectivity index (χ3n) is 2.56. The van der Waals surface area contributed by atoms with E-state index in [0.29, 0.717) is 11.6 Å². The second kappa shape index (κ2) is 4.43. The van der Waals surface area contributed by atoms with E-state index < -0.39 is 10.0 Å². The van der Waals surface area contributed by atoms with Crippen LogP contribution in [0.3, 0.4) is 0 Å². The molecule has 10 heteroatoms. The van der Waals surface area contributed by atoms with Gasteiger partial charge in [-0.2, -0.15) is 0 Å². The van der Waals surface area contributed by atoms with Gasteiger partial charge in [0.15, 0.2) is 8.68 Å². The van der Waals surface area contributed by atoms with Crippen LogP contribution < -0.4 is 4.72 Å². The quantitative estimate of drug-likeness (QED) is 0.927. The first-order valence-corrected chi connectivity index (χ1v) is 8.12. The Labute approximate surface area is 118 Å². The molecule has 2 aromatic rings. The number of anilines is 1. The molecule has 0 saturated heterocycles. The predicted molar refractivity (Wildman–Crippen MR) is 68.9 cm³/mol. The highest BCUT2D eigenvalue weighted by molar-refractivity contribution is 7.94. The van der Waals surface area contributed by atoms with Crippen LogP contribution in [0, 0.1) is 6.92 Å². The molecule has 1 aliphatic rings. The summed E-state index contributed by atoms with van der Waals surface area (Å²) in [6, 6.07) is -0.133. The van der Waals surface area contributed by atoms with Gasteiger partial charge in [-0.25, -0.2) is 18.1 Å². The van der Waals surface area contributed by atoms with Crippen molar-refractivity contribution in [2.24, 2.45) is 0 Å². The second-order valence-electron chi connectivity index (χ2n) is 4.16. The lowest BCUT2D eigenvalue weighted by molar-refractivity contribution is 0.510. The highest BCUT2D eigenvalue weighted by Crippen LogP contribution is 2.39. The number of hydrogen-bond acceptors (Lipinski definition) is 7. The zero-order valence-electron chi connectivity index (χ0n) is 9.75. The Balaban J connectivity index is 1.86. The number of aryl methyl sites for hydroxylation is 1. The molecule has 0 aromatic carbocycles. The Kier molecular flexibility index (Phi) is 2.99. The van der Waals surface area contributed by atoms with Crippen LogP contribution in [-0.4, -0.2) is 23.6 Å². The molecule has 0 spiro atoms. The van der Waals surface area contributed by atoms with Crippen molar-refractivity contribution in [2.75, 3.05) is 4.72 Å². The molecule has 2 aromatic heterocycles. The molecular weight excluding hydrogens is 312 g/mol. The third kappa shape index (κ3) is 2.58. The summed E-state index contributed by atoms with van der Waals surface area (Å²) >= 11 is 6.57. The molecule has 1 fully saturated rings. The summed E-state index contributed by atoms with van der Waals surface area (Å²) in [5.41, 5.74) is 0.337. The fourth-order valence-corrected chi connectivity index (χ4v) is 4.20. The minimum atomic E-state index is -3.79. The average Bonchev–Trinajstić information content (AvgIpc) is 2.97. The van der Waals surface area contributed by atoms with E-state index in [-0.39, 0.29) is 20.6 Å². The maximum absolute atomic E-state index is 12.1. The van der Waals surface area contributed by atoms with Gasteiger partial charge in [-0.05, 0) is 19.8 Å². The fourth-order valence-electron chi connectivity index (χ4n) is 1.53. The Bertz CT molecular complexity index is 720. The lowest BCUT2D eigenvalue weighted by atomic mass is 10.4. The van der Waals surface area contributed by atoms with Crippen LogP contribution in [0.2, 0.25) is 4.47 Å². The maximum atomic E-state index is 12.1. The summed E-state index contributed by atoms with van der Waals surface area (Å²) < 4.78 is 31.9. The van der Waals surface area contributed by atoms with Crippen LogP contribution in [0.5, 0.6) is 0 Å². The summed E-state index contributed by atoms with van der Waals surface area (Å²) in [6.07, 6.45) is 2.00. The minimum Gasteiger partial charge on any atom is -0.407 e. The average molecular weight is 321 g/mol. The van der Waals surface area contributed by atoms with Crippen LogP contribution in [-0.2, 0) is 10.0 Å². The molecule has 1 N–H and O–H groups in total. The second-order valence-corrected chi connectivity index (χ2v) is 7.62. The first-order chi connectivity index (χ1) is 8.95. The summed E-state index contributed by atoms with van der Waals surface area (Å²) in [6.45, 7) is 1.57. The molecule has 0 bridgehead atoms. The Morgan fingerprint density at radius 1 is 1.42 bits per heavy atom. The van der Waals surface area contributed by atoms with Crippen molar-refractivity contribution in [1.82, 2.24) is 15.2 Å². The van der Waals surface area contributed by atoms with Crippen LogP contribution in [0.1, 0.15) is 30.3 Å². The number of thiazole rings is 1. The van der Waals surface area contributed by atoms with Crippen LogP contribution in [0.4, 0.5) is 6.01 Å². The predicted octanol–water partition coefficient (Wildman–Crippen LogP) is 2.17. The molecular formula is C9H9ClN4O3S2. The van der Waals surface area contributed by atoms with Gasteiger partial charge in [0.05, 0.1) is 5.69 Å². The normalized spacial score (nSPS) is 15.7. The highest BCUT2D eigenvalue weighted by Gasteiger charge is 2.30. The summed E-state index contributed by atoms with van der Waals surface area (Å²) in [5.74, 6) is 0.738. The smallest absolute Gasteiger partial charge is 0.329 e. The number of halogens is 1. The summed E-state index contributed by atoms with van der Waals surface area (Å²) in [4.78, 5) is 3.86. The number of rotatable bonds is 4. The molecule has 1 aliphatic carbocycles. The van der Waals surface area contributed by atoms with Crippen molar-refractivity contribution >= 4 is 39.0 Å². The number of nitrogens with zero attached hydrogens (tertiary/aromatic N) is 3. The number of aromatic nitrogens is 3. The van der Waals surface area contributed by atoms with Gasteiger partial charge in [-0.1, -0.05) is 28.0 Å². The SMILES string of the molecule is Cc1nc(Cl)sc1S(=O)(=O)Nc1nnc(C2CC2)o1. The topological polar surface area (TPSA) is 98.0 Å². The summed E-state index contributed by atoms with van der Waals surface area (Å²) in [7, 11) is -3.79. The van der Waals surface area contributed by atoms with Gasteiger partial charge in [0.2, 0.25) is 5.89 Å².